The van der Waals surface area contributed by atoms with Crippen LogP contribution in [-0.2, 0) is 10.0 Å². The molecule has 21 heavy (non-hydrogen) atoms. The van der Waals surface area contributed by atoms with Crippen LogP contribution in [0.4, 0.5) is 8.78 Å². The average molecular weight is 320 g/mol. The number of likely N-dealkylation sites (tertiary alicyclic amines) is 1. The summed E-state index contributed by atoms with van der Waals surface area (Å²) in [6.07, 6.45) is 3.01. The van der Waals surface area contributed by atoms with E-state index in [0.717, 1.165) is 19.6 Å². The molecule has 118 valence electrons. The van der Waals surface area contributed by atoms with Crippen LogP contribution in [0.1, 0.15) is 19.3 Å². The van der Waals surface area contributed by atoms with Crippen molar-refractivity contribution in [2.75, 3.05) is 26.2 Å². The summed E-state index contributed by atoms with van der Waals surface area (Å²) in [5.41, 5.74) is 0. The lowest BCUT2D eigenvalue weighted by atomic mass is 10.3. The third-order valence-corrected chi connectivity index (χ3v) is 4.26. The van der Waals surface area contributed by atoms with Gasteiger partial charge in [0.15, 0.2) is 17.4 Å². The number of rotatable bonds is 6. The molecule has 1 aliphatic rings. The van der Waals surface area contributed by atoms with Gasteiger partial charge in [-0.05, 0) is 44.5 Å². The van der Waals surface area contributed by atoms with Crippen LogP contribution in [0.15, 0.2) is 17.0 Å². The average Bonchev–Trinajstić information content (AvgIpc) is 2.88. The van der Waals surface area contributed by atoms with E-state index in [4.69, 9.17) is 9.88 Å². The molecular formula is C13H18F2N2O3S. The Morgan fingerprint density at radius 1 is 1.19 bits per heavy atom. The Morgan fingerprint density at radius 2 is 1.76 bits per heavy atom. The van der Waals surface area contributed by atoms with Crippen LogP contribution in [0.5, 0.6) is 5.75 Å². The Hall–Kier alpha value is -1.25. The second-order valence-corrected chi connectivity index (χ2v) is 6.57. The molecule has 0 aromatic heterocycles. The first-order valence-corrected chi connectivity index (χ1v) is 8.29. The molecule has 0 radical (unpaired) electrons. The van der Waals surface area contributed by atoms with Gasteiger partial charge in [-0.25, -0.2) is 22.3 Å². The highest BCUT2D eigenvalue weighted by Crippen LogP contribution is 2.25. The number of sulfonamides is 1. The monoisotopic (exact) mass is 320 g/mol. The van der Waals surface area contributed by atoms with Crippen LogP contribution in [0.3, 0.4) is 0 Å². The van der Waals surface area contributed by atoms with E-state index in [1.165, 1.54) is 12.8 Å². The molecule has 1 aliphatic heterocycles. The second kappa shape index (κ2) is 6.67. The van der Waals surface area contributed by atoms with E-state index in [9.17, 15) is 17.2 Å². The minimum Gasteiger partial charge on any atom is -0.488 e. The first-order valence-electron chi connectivity index (χ1n) is 6.75. The molecule has 0 bridgehead atoms. The summed E-state index contributed by atoms with van der Waals surface area (Å²) < 4.78 is 54.5. The maximum Gasteiger partial charge on any atom is 0.238 e. The number of ether oxygens (including phenoxy) is 1. The first-order chi connectivity index (χ1) is 9.88. The highest BCUT2D eigenvalue weighted by Gasteiger charge is 2.18. The van der Waals surface area contributed by atoms with Gasteiger partial charge in [-0.3, -0.25) is 0 Å². The van der Waals surface area contributed by atoms with Gasteiger partial charge in [0.1, 0.15) is 0 Å². The zero-order chi connectivity index (χ0) is 15.5. The summed E-state index contributed by atoms with van der Waals surface area (Å²) in [6.45, 7) is 3.08. The second-order valence-electron chi connectivity index (χ2n) is 5.01. The maximum absolute atomic E-state index is 13.7. The lowest BCUT2D eigenvalue weighted by molar-refractivity contribution is 0.246. The van der Waals surface area contributed by atoms with Crippen LogP contribution in [0.2, 0.25) is 0 Å². The molecule has 2 N–H and O–H groups in total. The molecule has 1 saturated heterocycles. The lowest BCUT2D eigenvalue weighted by Gasteiger charge is -2.15. The van der Waals surface area contributed by atoms with E-state index >= 15 is 0 Å². The quantitative estimate of drug-likeness (QED) is 0.806. The van der Waals surface area contributed by atoms with E-state index in [2.05, 4.69) is 4.90 Å². The summed E-state index contributed by atoms with van der Waals surface area (Å²) in [5.74, 6) is -2.70. The highest BCUT2D eigenvalue weighted by atomic mass is 32.2. The third-order valence-electron chi connectivity index (χ3n) is 3.36. The molecular weight excluding hydrogens is 302 g/mol. The van der Waals surface area contributed by atoms with Crippen molar-refractivity contribution in [2.45, 2.75) is 24.2 Å². The third kappa shape index (κ3) is 4.36. The van der Waals surface area contributed by atoms with Gasteiger partial charge in [-0.1, -0.05) is 0 Å². The first kappa shape index (κ1) is 16.1. The lowest BCUT2D eigenvalue weighted by Crippen LogP contribution is -2.22. The van der Waals surface area contributed by atoms with Crippen LogP contribution in [-0.4, -0.2) is 39.6 Å². The van der Waals surface area contributed by atoms with Gasteiger partial charge >= 0.3 is 0 Å². The fraction of sp³-hybridized carbons (Fsp3) is 0.538. The van der Waals surface area contributed by atoms with Gasteiger partial charge < -0.3 is 9.64 Å². The molecule has 1 aromatic carbocycles. The van der Waals surface area contributed by atoms with Crippen LogP contribution in [0, 0.1) is 11.6 Å². The number of halogens is 2. The van der Waals surface area contributed by atoms with Gasteiger partial charge in [0.05, 0.1) is 11.5 Å². The molecule has 1 fully saturated rings. The number of hydrogen-bond acceptors (Lipinski definition) is 4. The molecule has 0 unspecified atom stereocenters. The van der Waals surface area contributed by atoms with E-state index in [1.54, 1.807) is 0 Å². The van der Waals surface area contributed by atoms with Gasteiger partial charge in [0.25, 0.3) is 0 Å². The van der Waals surface area contributed by atoms with Crippen molar-refractivity contribution in [2.24, 2.45) is 5.14 Å². The smallest absolute Gasteiger partial charge is 0.238 e. The van der Waals surface area contributed by atoms with Crippen molar-refractivity contribution in [1.82, 2.24) is 4.90 Å². The summed E-state index contributed by atoms with van der Waals surface area (Å²) in [5, 5.41) is 4.83. The largest absolute Gasteiger partial charge is 0.488 e. The van der Waals surface area contributed by atoms with Crippen molar-refractivity contribution >= 4 is 10.0 Å². The zero-order valence-corrected chi connectivity index (χ0v) is 12.3. The Balaban J connectivity index is 1.93. The standard InChI is InChI=1S/C13H18F2N2O3S/c14-11-8-10(21(16,18)19)9-12(15)13(11)20-7-3-6-17-4-1-2-5-17/h8-9H,1-7H2,(H2,16,18,19). The molecule has 2 rings (SSSR count). The van der Waals surface area contributed by atoms with E-state index in [1.807, 2.05) is 0 Å². The number of nitrogens with two attached hydrogens (primary N) is 1. The zero-order valence-electron chi connectivity index (χ0n) is 11.5. The number of nitrogens with zero attached hydrogens (tertiary/aromatic N) is 1. The minimum absolute atomic E-state index is 0.166. The molecule has 0 aliphatic carbocycles. The normalized spacial score (nSPS) is 16.3. The number of benzene rings is 1. The Morgan fingerprint density at radius 3 is 2.29 bits per heavy atom. The minimum atomic E-state index is -4.14. The van der Waals surface area contributed by atoms with Crippen molar-refractivity contribution in [3.8, 4) is 5.75 Å². The predicted octanol–water partition coefficient (Wildman–Crippen LogP) is 1.48. The van der Waals surface area contributed by atoms with Crippen molar-refractivity contribution in [3.05, 3.63) is 23.8 Å². The van der Waals surface area contributed by atoms with Gasteiger partial charge in [-0.2, -0.15) is 0 Å². The van der Waals surface area contributed by atoms with Crippen LogP contribution >= 0.6 is 0 Å². The molecule has 0 atom stereocenters. The van der Waals surface area contributed by atoms with Crippen molar-refractivity contribution in [1.29, 1.82) is 0 Å². The fourth-order valence-corrected chi connectivity index (χ4v) is 2.84. The molecule has 5 nitrogen and oxygen atoms in total. The Bertz CT molecular complexity index is 578. The molecule has 8 heteroatoms. The molecule has 1 aromatic rings. The summed E-state index contributed by atoms with van der Waals surface area (Å²) in [6, 6.07) is 1.32. The SMILES string of the molecule is NS(=O)(=O)c1cc(F)c(OCCCN2CCCC2)c(F)c1. The van der Waals surface area contributed by atoms with Gasteiger partial charge in [0.2, 0.25) is 10.0 Å². The molecule has 1 heterocycles. The number of hydrogen-bond donors (Lipinski definition) is 1. The Labute approximate surface area is 122 Å². The Kier molecular flexibility index (Phi) is 5.13. The summed E-state index contributed by atoms with van der Waals surface area (Å²) in [7, 11) is -4.14. The van der Waals surface area contributed by atoms with Crippen LogP contribution in [0.25, 0.3) is 0 Å². The predicted molar refractivity (Wildman–Crippen MR) is 73.5 cm³/mol. The number of primary sulfonamides is 1. The molecule has 0 amide bonds. The highest BCUT2D eigenvalue weighted by molar-refractivity contribution is 7.89. The van der Waals surface area contributed by atoms with Gasteiger partial charge in [0, 0.05) is 6.54 Å². The van der Waals surface area contributed by atoms with Gasteiger partial charge in [-0.15, -0.1) is 0 Å². The topological polar surface area (TPSA) is 72.6 Å². The summed E-state index contributed by atoms with van der Waals surface area (Å²) >= 11 is 0. The van der Waals surface area contributed by atoms with E-state index in [0.29, 0.717) is 18.6 Å². The van der Waals surface area contributed by atoms with E-state index < -0.39 is 32.3 Å². The van der Waals surface area contributed by atoms with Crippen LogP contribution < -0.4 is 9.88 Å². The maximum atomic E-state index is 13.7. The van der Waals surface area contributed by atoms with Crippen molar-refractivity contribution < 1.29 is 21.9 Å². The molecule has 0 saturated carbocycles. The van der Waals surface area contributed by atoms with E-state index in [-0.39, 0.29) is 6.61 Å². The fourth-order valence-electron chi connectivity index (χ4n) is 2.31. The van der Waals surface area contributed by atoms with Crippen molar-refractivity contribution in [3.63, 3.8) is 0 Å². The molecule has 0 spiro atoms. The summed E-state index contributed by atoms with van der Waals surface area (Å²) in [4.78, 5) is 1.65.